The predicted octanol–water partition coefficient (Wildman–Crippen LogP) is 4.17. The van der Waals surface area contributed by atoms with Crippen LogP contribution in [-0.4, -0.2) is 26.2 Å². The van der Waals surface area contributed by atoms with Crippen LogP contribution in [0.4, 0.5) is 0 Å². The molecular formula is C17H13N3O3S. The number of aromatic nitrogens is 3. The Bertz CT molecular complexity index is 988. The van der Waals surface area contributed by atoms with E-state index in [2.05, 4.69) is 15.2 Å². The molecular weight excluding hydrogens is 326 g/mol. The van der Waals surface area contributed by atoms with Crippen LogP contribution in [0.3, 0.4) is 0 Å². The van der Waals surface area contributed by atoms with E-state index >= 15 is 0 Å². The number of thioether (sulfide) groups is 1. The molecule has 0 saturated carbocycles. The number of nitrogens with one attached hydrogen (secondary N) is 1. The molecule has 0 radical (unpaired) electrons. The second-order valence-electron chi connectivity index (χ2n) is 5.22. The highest BCUT2D eigenvalue weighted by molar-refractivity contribution is 8.00. The van der Waals surface area contributed by atoms with Gasteiger partial charge in [-0.2, -0.15) is 0 Å². The van der Waals surface area contributed by atoms with Gasteiger partial charge in [-0.05, 0) is 25.1 Å². The molecule has 7 heteroatoms. The molecule has 0 amide bonds. The smallest absolute Gasteiger partial charge is 0.284 e. The second kappa shape index (κ2) is 6.01. The van der Waals surface area contributed by atoms with E-state index in [4.69, 9.17) is 8.83 Å². The first-order chi connectivity index (χ1) is 11.7. The maximum Gasteiger partial charge on any atom is 0.284 e. The van der Waals surface area contributed by atoms with Crippen LogP contribution in [0, 0.1) is 0 Å². The molecule has 0 saturated heterocycles. The van der Waals surface area contributed by atoms with Gasteiger partial charge in [-0.15, -0.1) is 10.2 Å². The third-order valence-electron chi connectivity index (χ3n) is 3.64. The van der Waals surface area contributed by atoms with Crippen LogP contribution < -0.4 is 0 Å². The third-order valence-corrected chi connectivity index (χ3v) is 4.57. The maximum absolute atomic E-state index is 12.7. The quantitative estimate of drug-likeness (QED) is 0.434. The van der Waals surface area contributed by atoms with E-state index in [0.717, 1.165) is 10.9 Å². The lowest BCUT2D eigenvalue weighted by Crippen LogP contribution is -2.13. The summed E-state index contributed by atoms with van der Waals surface area (Å²) in [4.78, 5) is 15.8. The molecule has 0 spiro atoms. The van der Waals surface area contributed by atoms with Crippen molar-refractivity contribution in [3.63, 3.8) is 0 Å². The van der Waals surface area contributed by atoms with E-state index in [1.807, 2.05) is 31.2 Å². The van der Waals surface area contributed by atoms with Crippen molar-refractivity contribution in [3.8, 4) is 11.7 Å². The van der Waals surface area contributed by atoms with Crippen LogP contribution in [0.2, 0.25) is 0 Å². The lowest BCUT2D eigenvalue weighted by Gasteiger charge is -2.06. The largest absolute Gasteiger partial charge is 0.459 e. The molecule has 0 fully saturated rings. The Morgan fingerprint density at radius 2 is 2.08 bits per heavy atom. The minimum atomic E-state index is -0.353. The van der Waals surface area contributed by atoms with Crippen LogP contribution in [0.15, 0.2) is 62.9 Å². The molecule has 0 unspecified atom stereocenters. The molecule has 0 aliphatic rings. The number of fused-ring (bicyclic) bond motifs is 1. The fourth-order valence-electron chi connectivity index (χ4n) is 2.46. The molecule has 3 heterocycles. The Balaban J connectivity index is 1.54. The Morgan fingerprint density at radius 3 is 2.92 bits per heavy atom. The number of carbonyl (C=O) groups excluding carboxylic acids is 1. The number of furan rings is 1. The average molecular weight is 339 g/mol. The molecule has 4 rings (SSSR count). The minimum absolute atomic E-state index is 0.00944. The van der Waals surface area contributed by atoms with Crippen LogP contribution in [0.25, 0.3) is 22.6 Å². The number of nitrogens with zero attached hydrogens (tertiary/aromatic N) is 2. The molecule has 3 aromatic heterocycles. The van der Waals surface area contributed by atoms with Gasteiger partial charge in [0.2, 0.25) is 0 Å². The van der Waals surface area contributed by atoms with E-state index in [1.54, 1.807) is 18.3 Å². The first kappa shape index (κ1) is 14.8. The van der Waals surface area contributed by atoms with Gasteiger partial charge in [-0.3, -0.25) is 4.79 Å². The third kappa shape index (κ3) is 2.63. The van der Waals surface area contributed by atoms with Crippen molar-refractivity contribution in [2.75, 3.05) is 0 Å². The number of Topliss-reactive ketones (excluding diaryl/α,β-unsaturated/α-hetero) is 1. The standard InChI is InChI=1S/C17H13N3O3S/c1-10(15(21)12-9-18-13-6-3-2-5-11(12)13)24-17-20-19-16(23-17)14-7-4-8-22-14/h2-10,18H,1H3/t10-/m1/s1. The highest BCUT2D eigenvalue weighted by atomic mass is 32.2. The van der Waals surface area contributed by atoms with Gasteiger partial charge in [-0.25, -0.2) is 0 Å². The molecule has 0 aliphatic heterocycles. The molecule has 4 aromatic rings. The lowest BCUT2D eigenvalue weighted by molar-refractivity contribution is 0.0995. The highest BCUT2D eigenvalue weighted by Crippen LogP contribution is 2.29. The molecule has 120 valence electrons. The van der Waals surface area contributed by atoms with E-state index in [-0.39, 0.29) is 11.0 Å². The first-order valence-corrected chi connectivity index (χ1v) is 8.24. The Kier molecular flexibility index (Phi) is 3.70. The minimum Gasteiger partial charge on any atom is -0.459 e. The number of H-pyrrole nitrogens is 1. The number of ketones is 1. The average Bonchev–Trinajstić information content (AvgIpc) is 3.33. The Hall–Kier alpha value is -2.80. The highest BCUT2D eigenvalue weighted by Gasteiger charge is 2.22. The molecule has 24 heavy (non-hydrogen) atoms. The van der Waals surface area contributed by atoms with Gasteiger partial charge < -0.3 is 13.8 Å². The number of carbonyl (C=O) groups is 1. The van der Waals surface area contributed by atoms with Crippen LogP contribution in [-0.2, 0) is 0 Å². The van der Waals surface area contributed by atoms with E-state index in [1.165, 1.54) is 18.0 Å². The molecule has 6 nitrogen and oxygen atoms in total. The number of benzene rings is 1. The summed E-state index contributed by atoms with van der Waals surface area (Å²) in [6, 6.07) is 11.2. The summed E-state index contributed by atoms with van der Waals surface area (Å²) in [7, 11) is 0. The fraction of sp³-hybridized carbons (Fsp3) is 0.118. The van der Waals surface area contributed by atoms with Gasteiger partial charge in [0.25, 0.3) is 11.1 Å². The van der Waals surface area contributed by atoms with Crippen LogP contribution in [0.1, 0.15) is 17.3 Å². The SMILES string of the molecule is C[C@@H](Sc1nnc(-c2ccco2)o1)C(=O)c1c[nH]c2ccccc12. The molecule has 0 bridgehead atoms. The van der Waals surface area contributed by atoms with Crippen molar-refractivity contribution in [2.45, 2.75) is 17.4 Å². The molecule has 1 N–H and O–H groups in total. The fourth-order valence-corrected chi connectivity index (χ4v) is 3.21. The van der Waals surface area contributed by atoms with Gasteiger partial charge in [0, 0.05) is 22.7 Å². The lowest BCUT2D eigenvalue weighted by atomic mass is 10.1. The van der Waals surface area contributed by atoms with E-state index in [9.17, 15) is 4.79 Å². The summed E-state index contributed by atoms with van der Waals surface area (Å²) in [6.45, 7) is 1.82. The number of hydrogen-bond donors (Lipinski definition) is 1. The monoisotopic (exact) mass is 339 g/mol. The van der Waals surface area contributed by atoms with Gasteiger partial charge in [-0.1, -0.05) is 30.0 Å². The van der Waals surface area contributed by atoms with Crippen molar-refractivity contribution in [3.05, 3.63) is 54.4 Å². The summed E-state index contributed by atoms with van der Waals surface area (Å²) < 4.78 is 10.8. The van der Waals surface area contributed by atoms with Crippen molar-refractivity contribution in [2.24, 2.45) is 0 Å². The zero-order valence-electron chi connectivity index (χ0n) is 12.7. The first-order valence-electron chi connectivity index (χ1n) is 7.37. The zero-order chi connectivity index (χ0) is 16.5. The summed E-state index contributed by atoms with van der Waals surface area (Å²) in [5.41, 5.74) is 1.60. The van der Waals surface area contributed by atoms with Crippen molar-refractivity contribution < 1.29 is 13.6 Å². The van der Waals surface area contributed by atoms with E-state index < -0.39 is 0 Å². The van der Waals surface area contributed by atoms with Gasteiger partial charge >= 0.3 is 0 Å². The maximum atomic E-state index is 12.7. The normalized spacial score (nSPS) is 12.5. The summed E-state index contributed by atoms with van der Waals surface area (Å²) in [5, 5.41) is 8.80. The molecule has 1 aromatic carbocycles. The van der Waals surface area contributed by atoms with Crippen molar-refractivity contribution in [1.29, 1.82) is 0 Å². The zero-order valence-corrected chi connectivity index (χ0v) is 13.5. The topological polar surface area (TPSA) is 84.9 Å². The Morgan fingerprint density at radius 1 is 1.21 bits per heavy atom. The van der Waals surface area contributed by atoms with Crippen molar-refractivity contribution >= 4 is 28.4 Å². The molecule has 1 atom stereocenters. The molecule has 0 aliphatic carbocycles. The van der Waals surface area contributed by atoms with Crippen LogP contribution in [0.5, 0.6) is 0 Å². The number of para-hydroxylation sites is 1. The number of aromatic amines is 1. The predicted molar refractivity (Wildman–Crippen MR) is 89.9 cm³/mol. The summed E-state index contributed by atoms with van der Waals surface area (Å²) in [6.07, 6.45) is 3.28. The summed E-state index contributed by atoms with van der Waals surface area (Å²) >= 11 is 1.23. The van der Waals surface area contributed by atoms with Gasteiger partial charge in [0.05, 0.1) is 11.5 Å². The van der Waals surface area contributed by atoms with Crippen molar-refractivity contribution in [1.82, 2.24) is 15.2 Å². The second-order valence-corrected chi connectivity index (χ2v) is 6.51. The summed E-state index contributed by atoms with van der Waals surface area (Å²) in [5.74, 6) is 0.814. The van der Waals surface area contributed by atoms with E-state index in [0.29, 0.717) is 22.4 Å². The van der Waals surface area contributed by atoms with Crippen LogP contribution >= 0.6 is 11.8 Å². The number of hydrogen-bond acceptors (Lipinski definition) is 6. The Labute approximate surface area is 141 Å². The van der Waals surface area contributed by atoms with Gasteiger partial charge in [0.1, 0.15) is 0 Å². The number of rotatable bonds is 5. The van der Waals surface area contributed by atoms with Gasteiger partial charge in [0.15, 0.2) is 11.5 Å².